The van der Waals surface area contributed by atoms with E-state index in [1.807, 2.05) is 36.7 Å². The van der Waals surface area contributed by atoms with Crippen molar-refractivity contribution in [2.45, 2.75) is 39.2 Å². The van der Waals surface area contributed by atoms with Crippen LogP contribution in [-0.4, -0.2) is 4.98 Å². The molecule has 3 aromatic rings. The standard InChI is InChI=1S/C24H27NO/c1-19(2)24(15-10-20-9-6-16-25-17-20)22-11-13-23(14-12-22)26-18-21-7-4-3-5-8-21/h3-9,11-14,16-17,19,24H,10,15,18H2,1-2H3. The molecule has 0 aliphatic rings. The summed E-state index contributed by atoms with van der Waals surface area (Å²) in [5.74, 6) is 2.06. The molecule has 1 heterocycles. The van der Waals surface area contributed by atoms with E-state index in [1.165, 1.54) is 16.7 Å². The number of hydrogen-bond donors (Lipinski definition) is 0. The molecule has 2 nitrogen and oxygen atoms in total. The molecule has 0 radical (unpaired) electrons. The van der Waals surface area contributed by atoms with Gasteiger partial charge in [0, 0.05) is 12.4 Å². The van der Waals surface area contributed by atoms with E-state index in [-0.39, 0.29) is 0 Å². The number of hydrogen-bond acceptors (Lipinski definition) is 2. The van der Waals surface area contributed by atoms with Gasteiger partial charge in [0.25, 0.3) is 0 Å². The van der Waals surface area contributed by atoms with E-state index in [4.69, 9.17) is 4.74 Å². The summed E-state index contributed by atoms with van der Waals surface area (Å²) >= 11 is 0. The first-order chi connectivity index (χ1) is 12.7. The number of aromatic nitrogens is 1. The molecule has 26 heavy (non-hydrogen) atoms. The summed E-state index contributed by atoms with van der Waals surface area (Å²) in [7, 11) is 0. The molecule has 0 saturated heterocycles. The van der Waals surface area contributed by atoms with Crippen LogP contribution in [0.2, 0.25) is 0 Å². The molecule has 3 rings (SSSR count). The monoisotopic (exact) mass is 345 g/mol. The van der Waals surface area contributed by atoms with Gasteiger partial charge in [0.05, 0.1) is 0 Å². The third-order valence-electron chi connectivity index (χ3n) is 4.83. The Kier molecular flexibility index (Phi) is 6.43. The van der Waals surface area contributed by atoms with Crippen molar-refractivity contribution in [2.75, 3.05) is 0 Å². The molecule has 0 spiro atoms. The first-order valence-corrected chi connectivity index (χ1v) is 9.38. The molecule has 0 N–H and O–H groups in total. The van der Waals surface area contributed by atoms with Crippen molar-refractivity contribution < 1.29 is 4.74 Å². The Morgan fingerprint density at radius 2 is 1.58 bits per heavy atom. The minimum Gasteiger partial charge on any atom is -0.489 e. The summed E-state index contributed by atoms with van der Waals surface area (Å²) in [6.07, 6.45) is 5.99. The molecule has 0 saturated carbocycles. The molecular weight excluding hydrogens is 318 g/mol. The lowest BCUT2D eigenvalue weighted by atomic mass is 9.84. The Morgan fingerprint density at radius 3 is 2.23 bits per heavy atom. The summed E-state index contributed by atoms with van der Waals surface area (Å²) in [5.41, 5.74) is 3.88. The second-order valence-corrected chi connectivity index (χ2v) is 7.09. The first-order valence-electron chi connectivity index (χ1n) is 9.38. The summed E-state index contributed by atoms with van der Waals surface area (Å²) in [4.78, 5) is 4.22. The lowest BCUT2D eigenvalue weighted by molar-refractivity contribution is 0.306. The summed E-state index contributed by atoms with van der Waals surface area (Å²) < 4.78 is 5.91. The van der Waals surface area contributed by atoms with E-state index < -0.39 is 0 Å². The van der Waals surface area contributed by atoms with E-state index in [1.54, 1.807) is 0 Å². The Bertz CT molecular complexity index is 766. The number of rotatable bonds is 8. The van der Waals surface area contributed by atoms with Crippen molar-refractivity contribution in [3.63, 3.8) is 0 Å². The largest absolute Gasteiger partial charge is 0.489 e. The van der Waals surface area contributed by atoms with Gasteiger partial charge in [-0.3, -0.25) is 4.98 Å². The molecule has 0 fully saturated rings. The number of ether oxygens (including phenoxy) is 1. The predicted octanol–water partition coefficient (Wildman–Crippen LogP) is 6.03. The molecule has 0 aliphatic carbocycles. The molecule has 134 valence electrons. The number of pyridine rings is 1. The lowest BCUT2D eigenvalue weighted by Gasteiger charge is -2.22. The average molecular weight is 345 g/mol. The molecule has 2 aromatic carbocycles. The maximum Gasteiger partial charge on any atom is 0.119 e. The van der Waals surface area contributed by atoms with Crippen LogP contribution in [0.1, 0.15) is 42.9 Å². The van der Waals surface area contributed by atoms with E-state index in [0.717, 1.165) is 18.6 Å². The van der Waals surface area contributed by atoms with Crippen LogP contribution in [0.25, 0.3) is 0 Å². The van der Waals surface area contributed by atoms with E-state index in [2.05, 4.69) is 61.3 Å². The Morgan fingerprint density at radius 1 is 0.846 bits per heavy atom. The number of nitrogens with zero attached hydrogens (tertiary/aromatic N) is 1. The fraction of sp³-hybridized carbons (Fsp3) is 0.292. The zero-order valence-corrected chi connectivity index (χ0v) is 15.6. The zero-order chi connectivity index (χ0) is 18.2. The fourth-order valence-electron chi connectivity index (χ4n) is 3.31. The molecule has 0 aliphatic heterocycles. The van der Waals surface area contributed by atoms with Crippen LogP contribution < -0.4 is 4.74 Å². The summed E-state index contributed by atoms with van der Waals surface area (Å²) in [6, 6.07) is 23.1. The van der Waals surface area contributed by atoms with Gasteiger partial charge in [-0.2, -0.15) is 0 Å². The average Bonchev–Trinajstić information content (AvgIpc) is 2.69. The molecule has 0 amide bonds. The van der Waals surface area contributed by atoms with E-state index in [9.17, 15) is 0 Å². The van der Waals surface area contributed by atoms with Gasteiger partial charge in [0.2, 0.25) is 0 Å². The van der Waals surface area contributed by atoms with Gasteiger partial charge in [0.15, 0.2) is 0 Å². The molecular formula is C24H27NO. The van der Waals surface area contributed by atoms with Crippen molar-refractivity contribution in [1.29, 1.82) is 0 Å². The summed E-state index contributed by atoms with van der Waals surface area (Å²) in [6.45, 7) is 5.20. The van der Waals surface area contributed by atoms with E-state index >= 15 is 0 Å². The van der Waals surface area contributed by atoms with Crippen molar-refractivity contribution in [3.8, 4) is 5.75 Å². The molecule has 0 bridgehead atoms. The number of aryl methyl sites for hydroxylation is 1. The van der Waals surface area contributed by atoms with Crippen LogP contribution >= 0.6 is 0 Å². The molecule has 1 atom stereocenters. The third-order valence-corrected chi connectivity index (χ3v) is 4.83. The van der Waals surface area contributed by atoms with Crippen molar-refractivity contribution in [2.24, 2.45) is 5.92 Å². The fourth-order valence-corrected chi connectivity index (χ4v) is 3.31. The Labute approximate surface area is 156 Å². The van der Waals surface area contributed by atoms with Crippen molar-refractivity contribution >= 4 is 0 Å². The maximum absolute atomic E-state index is 5.91. The van der Waals surface area contributed by atoms with Gasteiger partial charge in [-0.25, -0.2) is 0 Å². The van der Waals surface area contributed by atoms with E-state index in [0.29, 0.717) is 18.4 Å². The zero-order valence-electron chi connectivity index (χ0n) is 15.6. The van der Waals surface area contributed by atoms with Crippen LogP contribution in [0.5, 0.6) is 5.75 Å². The third kappa shape index (κ3) is 5.19. The lowest BCUT2D eigenvalue weighted by Crippen LogP contribution is -2.08. The number of benzene rings is 2. The normalized spacial score (nSPS) is 12.1. The second kappa shape index (κ2) is 9.19. The van der Waals surface area contributed by atoms with Crippen LogP contribution in [0.3, 0.4) is 0 Å². The minimum atomic E-state index is 0.540. The van der Waals surface area contributed by atoms with Gasteiger partial charge in [-0.05, 0) is 59.6 Å². The van der Waals surface area contributed by atoms with Crippen molar-refractivity contribution in [3.05, 3.63) is 95.8 Å². The quantitative estimate of drug-likeness (QED) is 0.497. The van der Waals surface area contributed by atoms with Crippen LogP contribution in [0, 0.1) is 5.92 Å². The van der Waals surface area contributed by atoms with Crippen LogP contribution in [0.15, 0.2) is 79.1 Å². The first kappa shape index (κ1) is 18.2. The highest BCUT2D eigenvalue weighted by Gasteiger charge is 2.16. The maximum atomic E-state index is 5.91. The van der Waals surface area contributed by atoms with Gasteiger partial charge in [0.1, 0.15) is 12.4 Å². The summed E-state index contributed by atoms with van der Waals surface area (Å²) in [5, 5.41) is 0. The second-order valence-electron chi connectivity index (χ2n) is 7.09. The topological polar surface area (TPSA) is 22.1 Å². The van der Waals surface area contributed by atoms with Gasteiger partial charge >= 0.3 is 0 Å². The molecule has 2 heteroatoms. The Hall–Kier alpha value is -2.61. The minimum absolute atomic E-state index is 0.540. The predicted molar refractivity (Wildman–Crippen MR) is 107 cm³/mol. The highest BCUT2D eigenvalue weighted by molar-refractivity contribution is 5.30. The SMILES string of the molecule is CC(C)C(CCc1cccnc1)c1ccc(OCc2ccccc2)cc1. The van der Waals surface area contributed by atoms with Gasteiger partial charge < -0.3 is 4.74 Å². The van der Waals surface area contributed by atoms with Crippen molar-refractivity contribution in [1.82, 2.24) is 4.98 Å². The smallest absolute Gasteiger partial charge is 0.119 e. The highest BCUT2D eigenvalue weighted by Crippen LogP contribution is 2.30. The van der Waals surface area contributed by atoms with Gasteiger partial charge in [-0.15, -0.1) is 0 Å². The Balaban J connectivity index is 1.60. The molecule has 1 unspecified atom stereocenters. The van der Waals surface area contributed by atoms with Crippen LogP contribution in [-0.2, 0) is 13.0 Å². The highest BCUT2D eigenvalue weighted by atomic mass is 16.5. The van der Waals surface area contributed by atoms with Gasteiger partial charge in [-0.1, -0.05) is 62.4 Å². The van der Waals surface area contributed by atoms with Crippen LogP contribution in [0.4, 0.5) is 0 Å². The molecule has 1 aromatic heterocycles.